The van der Waals surface area contributed by atoms with Gasteiger partial charge in [0.05, 0.1) is 6.04 Å². The number of nitrogens with zero attached hydrogens (tertiary/aromatic N) is 3. The molecule has 1 aliphatic rings. The van der Waals surface area contributed by atoms with Crippen LogP contribution in [-0.4, -0.2) is 64.8 Å². The van der Waals surface area contributed by atoms with Crippen molar-refractivity contribution in [3.8, 4) is 0 Å². The van der Waals surface area contributed by atoms with Crippen molar-refractivity contribution in [1.29, 1.82) is 0 Å². The summed E-state index contributed by atoms with van der Waals surface area (Å²) < 4.78 is 31.8. The van der Waals surface area contributed by atoms with E-state index in [4.69, 9.17) is 10.3 Å². The minimum absolute atomic E-state index is 0.0911. The number of rotatable bonds is 7. The number of carbonyl (C=O) groups excluding carboxylic acids is 3. The Morgan fingerprint density at radius 3 is 2.65 bits per heavy atom. The van der Waals surface area contributed by atoms with Crippen LogP contribution in [0.4, 0.5) is 5.13 Å². The Hall–Kier alpha value is -2.58. The Bertz CT molecular complexity index is 878. The number of amides is 2. The summed E-state index contributed by atoms with van der Waals surface area (Å²) in [6.07, 6.45) is -0.378. The summed E-state index contributed by atoms with van der Waals surface area (Å²) in [5, 5.41) is 7.41. The van der Waals surface area contributed by atoms with E-state index >= 15 is 0 Å². The number of thiazole rings is 1. The third kappa shape index (κ3) is 3.97. The van der Waals surface area contributed by atoms with Crippen LogP contribution in [0.15, 0.2) is 10.5 Å². The summed E-state index contributed by atoms with van der Waals surface area (Å²) in [6, 6.07) is -2.59. The number of oxime groups is 1. The molecule has 0 unspecified atom stereocenters. The molecule has 0 radical (unpaired) electrons. The van der Waals surface area contributed by atoms with Gasteiger partial charge in [-0.3, -0.25) is 18.9 Å². The van der Waals surface area contributed by atoms with E-state index in [1.807, 2.05) is 0 Å². The maximum atomic E-state index is 12.4. The minimum Gasteiger partial charge on any atom is -0.398 e. The van der Waals surface area contributed by atoms with Gasteiger partial charge >= 0.3 is 10.3 Å². The van der Waals surface area contributed by atoms with E-state index in [-0.39, 0.29) is 27.3 Å². The zero-order valence-electron chi connectivity index (χ0n) is 13.6. The Morgan fingerprint density at radius 2 is 2.19 bits per heavy atom. The Morgan fingerprint density at radius 1 is 1.54 bits per heavy atom. The van der Waals surface area contributed by atoms with Crippen LogP contribution in [0, 0.1) is 0 Å². The summed E-state index contributed by atoms with van der Waals surface area (Å²) in [6.45, 7) is 1.18. The van der Waals surface area contributed by atoms with Crippen LogP contribution >= 0.6 is 11.3 Å². The van der Waals surface area contributed by atoms with Crippen LogP contribution in [0.5, 0.6) is 0 Å². The van der Waals surface area contributed by atoms with E-state index < -0.39 is 40.0 Å². The van der Waals surface area contributed by atoms with Crippen molar-refractivity contribution in [2.75, 3.05) is 12.8 Å². The fourth-order valence-corrected chi connectivity index (χ4v) is 3.79. The van der Waals surface area contributed by atoms with Crippen molar-refractivity contribution in [3.63, 3.8) is 0 Å². The van der Waals surface area contributed by atoms with Gasteiger partial charge in [-0.1, -0.05) is 5.16 Å². The van der Waals surface area contributed by atoms with Crippen molar-refractivity contribution < 1.29 is 32.2 Å². The second kappa shape index (κ2) is 7.35. The summed E-state index contributed by atoms with van der Waals surface area (Å²) in [4.78, 5) is 44.2. The van der Waals surface area contributed by atoms with Gasteiger partial charge in [0.2, 0.25) is 0 Å². The topological polar surface area (TPSA) is 181 Å². The number of anilines is 1. The van der Waals surface area contributed by atoms with Crippen LogP contribution in [0.1, 0.15) is 19.0 Å². The predicted molar refractivity (Wildman–Crippen MR) is 89.5 cm³/mol. The molecule has 1 fully saturated rings. The maximum Gasteiger partial charge on any atom is 0.362 e. The van der Waals surface area contributed by atoms with Crippen LogP contribution in [0.3, 0.4) is 0 Å². The number of nitrogen functional groups attached to an aromatic ring is 1. The summed E-state index contributed by atoms with van der Waals surface area (Å²) >= 11 is 1.05. The average molecular weight is 405 g/mol. The van der Waals surface area contributed by atoms with E-state index in [1.54, 1.807) is 0 Å². The lowest BCUT2D eigenvalue weighted by molar-refractivity contribution is -0.146. The molecule has 4 N–H and O–H groups in total. The second-order valence-electron chi connectivity index (χ2n) is 5.23. The summed E-state index contributed by atoms with van der Waals surface area (Å²) in [5.74, 6) is -2.41. The SMILES string of the molecule is CO/N=C(\C(=O)N[C@@H]1C(=O)N(S(=O)(=O)O)[C@H]1CC(C)=O)c1csc(N)n1. The number of aromatic nitrogens is 1. The van der Waals surface area contributed by atoms with E-state index in [9.17, 15) is 22.8 Å². The summed E-state index contributed by atoms with van der Waals surface area (Å²) in [7, 11) is -3.67. The number of nitrogens with two attached hydrogens (primary N) is 1. The van der Waals surface area contributed by atoms with Crippen molar-refractivity contribution in [2.45, 2.75) is 25.4 Å². The maximum absolute atomic E-state index is 12.4. The molecule has 2 heterocycles. The number of hydrogen-bond donors (Lipinski definition) is 3. The first kappa shape index (κ1) is 19.7. The molecule has 1 saturated heterocycles. The van der Waals surface area contributed by atoms with Gasteiger partial charge < -0.3 is 15.9 Å². The predicted octanol–water partition coefficient (Wildman–Crippen LogP) is -1.45. The van der Waals surface area contributed by atoms with Crippen molar-refractivity contribution in [1.82, 2.24) is 14.6 Å². The molecule has 0 spiro atoms. The molecule has 2 rings (SSSR count). The highest BCUT2D eigenvalue weighted by atomic mass is 32.2. The van der Waals surface area contributed by atoms with Crippen molar-refractivity contribution in [3.05, 3.63) is 11.1 Å². The highest BCUT2D eigenvalue weighted by Crippen LogP contribution is 2.26. The fraction of sp³-hybridized carbons (Fsp3) is 0.417. The quantitative estimate of drug-likeness (QED) is 0.211. The van der Waals surface area contributed by atoms with Gasteiger partial charge in [-0.05, 0) is 6.92 Å². The molecule has 0 saturated carbocycles. The first-order valence-electron chi connectivity index (χ1n) is 6.99. The lowest BCUT2D eigenvalue weighted by atomic mass is 9.93. The molecule has 14 heteroatoms. The lowest BCUT2D eigenvalue weighted by Crippen LogP contribution is -2.72. The standard InChI is InChI=1S/C12H15N5O7S2/c1-5(18)3-7-9(11(20)17(7)26(21,22)23)15-10(19)8(16-24-2)6-4-25-12(13)14-6/h4,7,9H,3H2,1-2H3,(H2,13,14)(H,15,19)(H,21,22,23)/b16-8-/t7-,9-/m0/s1. The number of carbonyl (C=O) groups is 3. The monoisotopic (exact) mass is 405 g/mol. The molecule has 0 aliphatic carbocycles. The molecule has 0 aromatic carbocycles. The molecule has 2 amide bonds. The molecular formula is C12H15N5O7S2. The number of hydrogen-bond acceptors (Lipinski definition) is 10. The molecule has 12 nitrogen and oxygen atoms in total. The molecule has 0 bridgehead atoms. The zero-order valence-corrected chi connectivity index (χ0v) is 15.2. The van der Waals surface area contributed by atoms with Crippen LogP contribution in [0.2, 0.25) is 0 Å². The molecule has 1 aromatic rings. The highest BCUT2D eigenvalue weighted by molar-refractivity contribution is 7.84. The molecular weight excluding hydrogens is 390 g/mol. The van der Waals surface area contributed by atoms with E-state index in [0.717, 1.165) is 11.3 Å². The molecule has 1 aromatic heterocycles. The first-order valence-corrected chi connectivity index (χ1v) is 9.27. The Kier molecular flexibility index (Phi) is 5.58. The number of nitrogens with one attached hydrogen (secondary N) is 1. The Labute approximate surface area is 151 Å². The third-order valence-electron chi connectivity index (χ3n) is 3.36. The Balaban J connectivity index is 2.24. The molecule has 2 atom stereocenters. The zero-order chi connectivity index (χ0) is 19.6. The molecule has 1 aliphatic heterocycles. The highest BCUT2D eigenvalue weighted by Gasteiger charge is 2.54. The lowest BCUT2D eigenvalue weighted by Gasteiger charge is -2.43. The van der Waals surface area contributed by atoms with Crippen LogP contribution in [-0.2, 0) is 29.5 Å². The van der Waals surface area contributed by atoms with Gasteiger partial charge in [-0.25, -0.2) is 9.29 Å². The van der Waals surface area contributed by atoms with Gasteiger partial charge in [-0.15, -0.1) is 11.3 Å². The van der Waals surface area contributed by atoms with E-state index in [1.165, 1.54) is 19.4 Å². The van der Waals surface area contributed by atoms with Gasteiger partial charge in [0.25, 0.3) is 11.8 Å². The number of Topliss-reactive ketones (excluding diaryl/α,β-unsaturated/α-hetero) is 1. The normalized spacial score (nSPS) is 20.5. The van der Waals surface area contributed by atoms with Crippen molar-refractivity contribution in [2.24, 2.45) is 5.16 Å². The smallest absolute Gasteiger partial charge is 0.362 e. The largest absolute Gasteiger partial charge is 0.398 e. The molecule has 26 heavy (non-hydrogen) atoms. The fourth-order valence-electron chi connectivity index (χ4n) is 2.36. The molecule has 142 valence electrons. The van der Waals surface area contributed by atoms with Crippen molar-refractivity contribution >= 4 is 50.1 Å². The third-order valence-corrected chi connectivity index (χ3v) is 4.98. The van der Waals surface area contributed by atoms with Crippen LogP contribution < -0.4 is 11.1 Å². The van der Waals surface area contributed by atoms with E-state index in [2.05, 4.69) is 20.3 Å². The average Bonchev–Trinajstić information content (AvgIpc) is 2.94. The van der Waals surface area contributed by atoms with Gasteiger partial charge in [0.15, 0.2) is 10.8 Å². The number of ketones is 1. The summed E-state index contributed by atoms with van der Waals surface area (Å²) in [5.41, 5.74) is 5.30. The first-order chi connectivity index (χ1) is 12.1. The van der Waals surface area contributed by atoms with Gasteiger partial charge in [-0.2, -0.15) is 8.42 Å². The van der Waals surface area contributed by atoms with Gasteiger partial charge in [0, 0.05) is 11.8 Å². The van der Waals surface area contributed by atoms with Gasteiger partial charge in [0.1, 0.15) is 24.6 Å². The van der Waals surface area contributed by atoms with E-state index in [0.29, 0.717) is 0 Å². The second-order valence-corrected chi connectivity index (χ2v) is 7.41. The van der Waals surface area contributed by atoms with Crippen LogP contribution in [0.25, 0.3) is 0 Å². The minimum atomic E-state index is -4.86. The number of β-lactam (4-membered cyclic amide) rings is 1.